The number of nitrogens with zero attached hydrogens (tertiary/aromatic N) is 1. The summed E-state index contributed by atoms with van der Waals surface area (Å²) >= 11 is 1.88. The molecule has 2 aromatic heterocycles. The Balaban J connectivity index is 1.22. The maximum Gasteiger partial charge on any atom is 0.0794 e. The van der Waals surface area contributed by atoms with Gasteiger partial charge in [0.1, 0.15) is 0 Å². The fourth-order valence-electron chi connectivity index (χ4n) is 6.47. The Labute approximate surface area is 240 Å². The van der Waals surface area contributed by atoms with Crippen LogP contribution >= 0.6 is 11.3 Å². The molecule has 0 bridgehead atoms. The van der Waals surface area contributed by atoms with Crippen molar-refractivity contribution < 1.29 is 0 Å². The highest BCUT2D eigenvalue weighted by atomic mass is 32.1. The Morgan fingerprint density at radius 1 is 0.415 bits per heavy atom. The van der Waals surface area contributed by atoms with Gasteiger partial charge in [-0.15, -0.1) is 11.3 Å². The number of rotatable bonds is 2. The van der Waals surface area contributed by atoms with E-state index in [2.05, 4.69) is 140 Å². The minimum atomic E-state index is 0.997. The number of thiophene rings is 1. The van der Waals surface area contributed by atoms with Crippen LogP contribution in [0.4, 0.5) is 0 Å². The van der Waals surface area contributed by atoms with Gasteiger partial charge in [-0.3, -0.25) is 0 Å². The minimum Gasteiger partial charge on any atom is -0.247 e. The molecule has 0 saturated carbocycles. The first-order chi connectivity index (χ1) is 20.3. The van der Waals surface area contributed by atoms with Crippen molar-refractivity contribution in [2.75, 3.05) is 0 Å². The van der Waals surface area contributed by atoms with Crippen LogP contribution in [0.5, 0.6) is 0 Å². The summed E-state index contributed by atoms with van der Waals surface area (Å²) in [4.78, 5) is 5.28. The zero-order chi connectivity index (χ0) is 26.9. The molecule has 0 radical (unpaired) electrons. The van der Waals surface area contributed by atoms with Crippen LogP contribution in [-0.2, 0) is 0 Å². The highest BCUT2D eigenvalue weighted by Crippen LogP contribution is 2.41. The molecule has 41 heavy (non-hydrogen) atoms. The lowest BCUT2D eigenvalue weighted by Gasteiger charge is -2.12. The second-order valence-electron chi connectivity index (χ2n) is 10.7. The summed E-state index contributed by atoms with van der Waals surface area (Å²) in [6.07, 6.45) is 0. The van der Waals surface area contributed by atoms with Crippen molar-refractivity contribution in [1.29, 1.82) is 0 Å². The van der Waals surface area contributed by atoms with Gasteiger partial charge in [0.2, 0.25) is 0 Å². The third-order valence-electron chi connectivity index (χ3n) is 8.44. The lowest BCUT2D eigenvalue weighted by atomic mass is 9.96. The van der Waals surface area contributed by atoms with Gasteiger partial charge in [0.15, 0.2) is 0 Å². The van der Waals surface area contributed by atoms with E-state index in [1.165, 1.54) is 69.0 Å². The average molecular weight is 538 g/mol. The second kappa shape index (κ2) is 8.72. The van der Waals surface area contributed by atoms with E-state index in [1.807, 2.05) is 11.3 Å². The molecule has 0 spiro atoms. The molecule has 0 fully saturated rings. The van der Waals surface area contributed by atoms with E-state index < -0.39 is 0 Å². The highest BCUT2D eigenvalue weighted by molar-refractivity contribution is 7.26. The predicted octanol–water partition coefficient (Wildman–Crippen LogP) is 11.4. The van der Waals surface area contributed by atoms with Gasteiger partial charge in [-0.25, -0.2) is 4.98 Å². The van der Waals surface area contributed by atoms with Crippen LogP contribution in [-0.4, -0.2) is 4.98 Å². The van der Waals surface area contributed by atoms with Gasteiger partial charge in [-0.2, -0.15) is 0 Å². The number of aromatic nitrogens is 1. The molecule has 190 valence electrons. The van der Waals surface area contributed by atoms with Crippen molar-refractivity contribution >= 4 is 74.7 Å². The fourth-order valence-corrected chi connectivity index (χ4v) is 7.71. The first-order valence-corrected chi connectivity index (χ1v) is 14.8. The molecule has 1 nitrogen and oxygen atoms in total. The van der Waals surface area contributed by atoms with E-state index in [0.29, 0.717) is 0 Å². The molecule has 0 amide bonds. The highest BCUT2D eigenvalue weighted by Gasteiger charge is 2.13. The molecule has 2 heteroatoms. The number of pyridine rings is 1. The zero-order valence-corrected chi connectivity index (χ0v) is 23.0. The van der Waals surface area contributed by atoms with Crippen LogP contribution in [0.3, 0.4) is 0 Å². The maximum atomic E-state index is 5.28. The smallest absolute Gasteiger partial charge is 0.0794 e. The summed E-state index contributed by atoms with van der Waals surface area (Å²) in [6, 6.07) is 50.6. The van der Waals surface area contributed by atoms with Crippen LogP contribution < -0.4 is 0 Å². The number of hydrogen-bond donors (Lipinski definition) is 0. The molecule has 0 aliphatic heterocycles. The summed E-state index contributed by atoms with van der Waals surface area (Å²) < 4.78 is 2.68. The normalized spacial score (nSPS) is 11.9. The molecule has 0 aliphatic carbocycles. The van der Waals surface area contributed by atoms with Gasteiger partial charge in [0.05, 0.1) is 11.2 Å². The Morgan fingerprint density at radius 2 is 1.02 bits per heavy atom. The third kappa shape index (κ3) is 3.45. The summed E-state index contributed by atoms with van der Waals surface area (Å²) in [5, 5.41) is 11.3. The van der Waals surface area contributed by atoms with Gasteiger partial charge >= 0.3 is 0 Å². The van der Waals surface area contributed by atoms with Crippen LogP contribution in [0.2, 0.25) is 0 Å². The third-order valence-corrected chi connectivity index (χ3v) is 9.66. The van der Waals surface area contributed by atoms with Gasteiger partial charge < -0.3 is 0 Å². The SMILES string of the molecule is c1ccc2c(c1)sc1c(-c3ccc4ccc(-c5ccc6c7ccccc7c7ccccc7c6n5)cc4c3)cccc12. The van der Waals surface area contributed by atoms with E-state index in [-0.39, 0.29) is 0 Å². The van der Waals surface area contributed by atoms with Crippen molar-refractivity contribution in [2.45, 2.75) is 0 Å². The monoisotopic (exact) mass is 537 g/mol. The first kappa shape index (κ1) is 22.7. The second-order valence-corrected chi connectivity index (χ2v) is 11.8. The Kier molecular flexibility index (Phi) is 4.84. The van der Waals surface area contributed by atoms with E-state index in [1.54, 1.807) is 0 Å². The predicted molar refractivity (Wildman–Crippen MR) is 178 cm³/mol. The molecule has 2 heterocycles. The Morgan fingerprint density at radius 3 is 1.83 bits per heavy atom. The summed E-state index contributed by atoms with van der Waals surface area (Å²) in [5.74, 6) is 0. The van der Waals surface area contributed by atoms with Crippen molar-refractivity contribution in [2.24, 2.45) is 0 Å². The van der Waals surface area contributed by atoms with Gasteiger partial charge in [-0.1, -0.05) is 109 Å². The summed E-state index contributed by atoms with van der Waals surface area (Å²) in [5.41, 5.74) is 5.72. The number of fused-ring (bicyclic) bond motifs is 10. The molecule has 0 N–H and O–H groups in total. The zero-order valence-electron chi connectivity index (χ0n) is 22.1. The lowest BCUT2D eigenvalue weighted by molar-refractivity contribution is 1.42. The Bertz CT molecular complexity index is 2450. The van der Waals surface area contributed by atoms with Crippen LogP contribution in [0.25, 0.3) is 85.8 Å². The number of benzene rings is 7. The molecule has 9 rings (SSSR count). The van der Waals surface area contributed by atoms with Gasteiger partial charge in [-0.05, 0) is 68.4 Å². The molecule has 0 saturated heterocycles. The minimum absolute atomic E-state index is 0.997. The molecular formula is C39H23NS. The lowest BCUT2D eigenvalue weighted by Crippen LogP contribution is -1.89. The van der Waals surface area contributed by atoms with Crippen molar-refractivity contribution in [3.05, 3.63) is 140 Å². The topological polar surface area (TPSA) is 12.9 Å². The number of hydrogen-bond acceptors (Lipinski definition) is 2. The fraction of sp³-hybridized carbons (Fsp3) is 0. The van der Waals surface area contributed by atoms with Crippen molar-refractivity contribution in [1.82, 2.24) is 4.98 Å². The molecule has 9 aromatic rings. The van der Waals surface area contributed by atoms with E-state index >= 15 is 0 Å². The quantitative estimate of drug-likeness (QED) is 0.200. The maximum absolute atomic E-state index is 5.28. The average Bonchev–Trinajstić information content (AvgIpc) is 3.43. The molecule has 0 aliphatic rings. The molecular weight excluding hydrogens is 515 g/mol. The Hall–Kier alpha value is -5.05. The standard InChI is InChI=1S/C39H23NS/c1-2-10-31-29(8-1)30-9-3-4-12-33(30)38-34(31)20-21-36(40-38)26-19-17-24-16-18-25(22-27(24)23-26)28-13-7-14-35-32-11-5-6-15-37(32)41-39(28)35/h1-23H. The molecule has 0 unspecified atom stereocenters. The van der Waals surface area contributed by atoms with Gasteiger partial charge in [0, 0.05) is 36.5 Å². The van der Waals surface area contributed by atoms with Crippen molar-refractivity contribution in [3.63, 3.8) is 0 Å². The first-order valence-electron chi connectivity index (χ1n) is 14.0. The summed E-state index contributed by atoms with van der Waals surface area (Å²) in [6.45, 7) is 0. The van der Waals surface area contributed by atoms with Gasteiger partial charge in [0.25, 0.3) is 0 Å². The van der Waals surface area contributed by atoms with Crippen LogP contribution in [0.15, 0.2) is 140 Å². The van der Waals surface area contributed by atoms with E-state index in [0.717, 1.165) is 16.8 Å². The van der Waals surface area contributed by atoms with Crippen molar-refractivity contribution in [3.8, 4) is 22.4 Å². The van der Waals surface area contributed by atoms with Crippen LogP contribution in [0.1, 0.15) is 0 Å². The molecule has 7 aromatic carbocycles. The van der Waals surface area contributed by atoms with E-state index in [9.17, 15) is 0 Å². The molecule has 0 atom stereocenters. The largest absolute Gasteiger partial charge is 0.247 e. The van der Waals surface area contributed by atoms with E-state index in [4.69, 9.17) is 4.98 Å². The summed E-state index contributed by atoms with van der Waals surface area (Å²) in [7, 11) is 0. The van der Waals surface area contributed by atoms with Crippen LogP contribution in [0, 0.1) is 0 Å².